The molecule has 41 heteroatoms. The molecule has 4 amide bonds. The third kappa shape index (κ3) is 14.7. The molecule has 141 heavy (non-hydrogen) atoms. The van der Waals surface area contributed by atoms with Gasteiger partial charge in [-0.05, 0) is 240 Å². The van der Waals surface area contributed by atoms with Crippen molar-refractivity contribution in [2.45, 2.75) is 151 Å². The zero-order valence-corrected chi connectivity index (χ0v) is 78.2. The first-order chi connectivity index (χ1) is 65.8. The number of carbonyl (C=O) groups excluding carboxylic acids is 12. The number of rotatable bonds is 10. The second-order valence-corrected chi connectivity index (χ2v) is 39.7. The summed E-state index contributed by atoms with van der Waals surface area (Å²) in [6.45, 7) is 11.3. The van der Waals surface area contributed by atoms with Crippen molar-refractivity contribution < 1.29 is 153 Å². The Kier molecular flexibility index (Phi) is 24.4. The molecule has 4 aromatic carbocycles. The number of nitrogens with zero attached hydrogens (tertiary/aromatic N) is 5. The topological polar surface area (TPSA) is 687 Å². The average Bonchev–Trinajstić information content (AvgIpc) is 1.17. The number of aliphatic hydroxyl groups is 12. The number of aromatic nitrogens is 2. The van der Waals surface area contributed by atoms with E-state index in [0.29, 0.717) is 39.7 Å². The molecule has 19 rings (SSSR count). The molecule has 2 aromatic heterocycles. The van der Waals surface area contributed by atoms with E-state index in [-0.39, 0.29) is 124 Å². The van der Waals surface area contributed by atoms with E-state index >= 15 is 0 Å². The minimum atomic E-state index is -2.71. The summed E-state index contributed by atoms with van der Waals surface area (Å²) >= 11 is 0. The Hall–Kier alpha value is -14.4. The normalized spacial score (nSPS) is 28.8. The van der Waals surface area contributed by atoms with Crippen molar-refractivity contribution in [3.63, 3.8) is 0 Å². The van der Waals surface area contributed by atoms with Gasteiger partial charge in [0.05, 0.1) is 57.8 Å². The molecule has 24 N–H and O–H groups in total. The third-order valence-corrected chi connectivity index (χ3v) is 30.8. The summed E-state index contributed by atoms with van der Waals surface area (Å²) in [5, 5.41) is 176. The largest absolute Gasteiger partial charge is 0.508 e. The first-order valence-electron chi connectivity index (χ1n) is 45.0. The van der Waals surface area contributed by atoms with Gasteiger partial charge in [-0.1, -0.05) is 30.3 Å². The zero-order chi connectivity index (χ0) is 103. The van der Waals surface area contributed by atoms with Crippen molar-refractivity contribution in [1.82, 2.24) is 24.7 Å². The summed E-state index contributed by atoms with van der Waals surface area (Å²) in [4.78, 5) is 167. The maximum absolute atomic E-state index is 14.6. The Morgan fingerprint density at radius 2 is 0.745 bits per heavy atom. The zero-order valence-electron chi connectivity index (χ0n) is 78.2. The lowest BCUT2D eigenvalue weighted by molar-refractivity contribution is -0.155. The van der Waals surface area contributed by atoms with Crippen LogP contribution in [0.4, 0.5) is 4.39 Å². The number of halogens is 1. The third-order valence-electron chi connectivity index (χ3n) is 30.8. The maximum Gasteiger partial charge on any atom is 0.495 e. The van der Waals surface area contributed by atoms with Crippen molar-refractivity contribution in [3.8, 4) is 45.3 Å². The molecule has 5 fully saturated rings. The number of aromatic hydroxyl groups is 4. The molecule has 12 aliphatic carbocycles. The number of aryl methyl sites for hydroxylation is 2. The smallest absolute Gasteiger partial charge is 0.495 e. The molecule has 13 aliphatic rings. The predicted octanol–water partition coefficient (Wildman–Crippen LogP) is 3.50. The minimum absolute atomic E-state index is 0.00139. The molecule has 0 bridgehead atoms. The van der Waals surface area contributed by atoms with E-state index in [0.717, 1.165) is 28.6 Å². The van der Waals surface area contributed by atoms with Crippen LogP contribution in [0.25, 0.3) is 45.3 Å². The summed E-state index contributed by atoms with van der Waals surface area (Å²) in [7, 11) is 8.48. The highest BCUT2D eigenvalue weighted by Gasteiger charge is 2.69. The highest BCUT2D eigenvalue weighted by Crippen LogP contribution is 2.60. The molecule has 0 spiro atoms. The van der Waals surface area contributed by atoms with Crippen LogP contribution in [0.5, 0.6) is 23.0 Å². The van der Waals surface area contributed by atoms with Crippen LogP contribution >= 0.6 is 0 Å². The van der Waals surface area contributed by atoms with Crippen LogP contribution in [0.3, 0.4) is 0 Å². The first kappa shape index (κ1) is 99.6. The summed E-state index contributed by atoms with van der Waals surface area (Å²) in [6, 6.07) is 13.7. The van der Waals surface area contributed by atoms with E-state index in [9.17, 15) is 144 Å². The van der Waals surface area contributed by atoms with Gasteiger partial charge in [0.2, 0.25) is 23.1 Å². The molecule has 1 saturated heterocycles. The van der Waals surface area contributed by atoms with Gasteiger partial charge < -0.3 is 114 Å². The number of hydrogen-bond acceptors (Lipinski definition) is 35. The van der Waals surface area contributed by atoms with Gasteiger partial charge in [0.1, 0.15) is 97.2 Å². The number of likely N-dealkylation sites (N-methyl/N-ethyl adjacent to an activating group) is 3. The van der Waals surface area contributed by atoms with Crippen LogP contribution in [-0.2, 0) is 92.5 Å². The number of carbonyl (C=O) groups is 12. The summed E-state index contributed by atoms with van der Waals surface area (Å²) in [5.41, 5.74) is 11.6. The van der Waals surface area contributed by atoms with Crippen LogP contribution in [-0.4, -0.2) is 277 Å². The van der Waals surface area contributed by atoms with E-state index in [1.54, 1.807) is 52.6 Å². The standard InChI is InChI=1S/C27H33BN2O9.C26H24FN3O7.C25H22N2O7.C22H24N2O7/c1-25(2)26(3,4)39-28(38-25)14-7-8-15(31)17-12(14)9-11-10-13-19(30(5)6)21(33)18(24(29)36)23(35)27(13,37)22(34)16(11)20(17)32;1-30(2)20-14-8-10-7-13-11(12-5-6-29-9-15(12)27)3-4-16(31)18(13)21(32)17(10)23(34)26(14,37)24(35)19(22(20)33)25(28)36;1-10-2-3-11(9-27-10)14-4-5-16(28)19-15(14)7-12-6-13-8-17(29)20(24(26)33)23(32)25(13,34)22(31)18(12)21(19)30;1-8-4-5-12(25)14-10(8)6-9-7-11-16(24(2)3)18(27)15(21(23)30)20(29)22(11,31)19(28)13(9)17(14)26/h7-8,11,13,19,31-32,35,37H,9-10H2,1-6H3,(H2,29,36);3-6,9-10,14,20,31-32,35,37H,7-8H2,1-2H3,(H2,28,36);2-5,9,12-13,28,30,32,34H,6-8H2,1H3,(H2,26,33);4-5,9,11,16,25-26,29,31H,6-7H2,1-3H3,(H2,23,30)/t11-,13-,19-,27-;10-,14-,20-,26-;12-,13+,25+;9-,11-,16-,22-/m0010/s1. The lowest BCUT2D eigenvalue weighted by atomic mass is 9.56. The van der Waals surface area contributed by atoms with Gasteiger partial charge in [-0.15, -0.1) is 0 Å². The van der Waals surface area contributed by atoms with E-state index in [2.05, 4.69) is 9.97 Å². The number of aliphatic hydroxyl groups excluding tert-OH is 8. The lowest BCUT2D eigenvalue weighted by Crippen LogP contribution is -2.65. The molecule has 0 radical (unpaired) electrons. The van der Waals surface area contributed by atoms with E-state index in [4.69, 9.17) is 32.2 Å². The molecule has 39 nitrogen and oxygen atoms in total. The molecule has 4 saturated carbocycles. The lowest BCUT2D eigenvalue weighted by Gasteiger charge is -2.50. The number of Topliss-reactive ketones (excluding diaryl/α,β-unsaturated/α-hetero) is 8. The number of amides is 4. The fourth-order valence-corrected chi connectivity index (χ4v) is 23.5. The Morgan fingerprint density at radius 1 is 0.404 bits per heavy atom. The fraction of sp³-hybridized carbons (Fsp3) is 0.380. The minimum Gasteiger partial charge on any atom is -0.508 e. The second kappa shape index (κ2) is 34.5. The Balaban J connectivity index is 0.000000136. The van der Waals surface area contributed by atoms with Crippen LogP contribution in [0.2, 0.25) is 0 Å². The Bertz CT molecular complexity index is 6940. The number of ketones is 8. The maximum atomic E-state index is 14.6. The van der Waals surface area contributed by atoms with E-state index in [1.807, 2.05) is 53.7 Å². The van der Waals surface area contributed by atoms with Crippen LogP contribution in [0.15, 0.2) is 153 Å². The first-order valence-corrected chi connectivity index (χ1v) is 45.0. The molecule has 0 unspecified atom stereocenters. The highest BCUT2D eigenvalue weighted by molar-refractivity contribution is 6.63. The predicted molar refractivity (Wildman–Crippen MR) is 496 cm³/mol. The van der Waals surface area contributed by atoms with Crippen LogP contribution in [0.1, 0.15) is 116 Å². The van der Waals surface area contributed by atoms with Crippen molar-refractivity contribution in [2.75, 3.05) is 42.3 Å². The van der Waals surface area contributed by atoms with Gasteiger partial charge in [-0.3, -0.25) is 82.2 Å². The van der Waals surface area contributed by atoms with Crippen molar-refractivity contribution in [2.24, 2.45) is 70.3 Å². The Labute approximate surface area is 802 Å². The van der Waals surface area contributed by atoms with E-state index in [1.165, 1.54) is 71.4 Å². The molecular weight excluding hydrogens is 1840 g/mol. The molecule has 1 aliphatic heterocycles. The monoisotopic (exact) mass is 1940 g/mol. The van der Waals surface area contributed by atoms with Gasteiger partial charge in [0.15, 0.2) is 45.5 Å². The van der Waals surface area contributed by atoms with Crippen LogP contribution in [0, 0.1) is 67.0 Å². The van der Waals surface area contributed by atoms with Gasteiger partial charge in [-0.25, -0.2) is 4.39 Å². The van der Waals surface area contributed by atoms with Crippen LogP contribution < -0.4 is 28.4 Å². The summed E-state index contributed by atoms with van der Waals surface area (Å²) in [6.07, 6.45) is 4.63. The van der Waals surface area contributed by atoms with Crippen molar-refractivity contribution in [1.29, 1.82) is 0 Å². The molecule has 6 aromatic rings. The number of pyridine rings is 2. The van der Waals surface area contributed by atoms with Gasteiger partial charge in [0, 0.05) is 81.6 Å². The molecule has 3 heterocycles. The summed E-state index contributed by atoms with van der Waals surface area (Å²) in [5.74, 6) is -27.7. The van der Waals surface area contributed by atoms with Crippen molar-refractivity contribution >= 4 is 106 Å². The second-order valence-electron chi connectivity index (χ2n) is 39.7. The number of nitrogens with two attached hydrogens (primary N) is 4. The van der Waals surface area contributed by atoms with E-state index < -0.39 is 250 Å². The number of fused-ring (bicyclic) bond motifs is 12. The quantitative estimate of drug-likeness (QED) is 0.0689. The number of phenolic OH excluding ortho intramolecular Hbond substituents is 4. The number of phenols is 4. The average molecular weight is 1940 g/mol. The van der Waals surface area contributed by atoms with Gasteiger partial charge in [0.25, 0.3) is 23.6 Å². The fourth-order valence-electron chi connectivity index (χ4n) is 23.5. The molecule has 15 atom stereocenters. The van der Waals surface area contributed by atoms with Gasteiger partial charge in [-0.2, -0.15) is 0 Å². The van der Waals surface area contributed by atoms with Gasteiger partial charge >= 0.3 is 7.12 Å². The SMILES string of the molecule is CN(C)[C@@H]1C(=O)C(C(N)=O)=C(O)[C@@]2(O)C(=O)C3=C(O)c4c(O)ccc(-c5ccncc5F)c4C[C@H]3C[C@@H]12.CN(C)[C@@H]1C(=O)C(C(N)=O)=C(O)[C@@]2(O)C(=O)C3=C(O)c4c(O)ccc(B5OC(C)(C)C(C)(C)O5)c4C[C@H]3C[C@@H]12.Cc1ccc(-c2ccc(O)c3c2C[C@H]2C[C@H]4CC(=O)C(C(N)=O)=C(O)[C@@]4(O)C(=O)C2=C3O)cn1.Cc1ccc(O)c2c1C[C@H]1C[C@H]3[C@H](N(C)C)C(=O)C(C(N)=O)=C(O)[C@@]3(O)C(=O)C1=C2O. The highest BCUT2D eigenvalue weighted by atomic mass is 19.1. The molecule has 738 valence electrons. The number of hydrogen-bond donors (Lipinski definition) is 20. The summed E-state index contributed by atoms with van der Waals surface area (Å²) < 4.78 is 27.1. The molecular formula is C100H103BFN9O30. The number of primary amides is 4. The number of benzene rings is 4. The Morgan fingerprint density at radius 3 is 1.13 bits per heavy atom. The van der Waals surface area contributed by atoms with Crippen molar-refractivity contribution in [3.05, 3.63) is 215 Å².